The molecule has 1 aliphatic rings. The molecule has 0 bridgehead atoms. The van der Waals surface area contributed by atoms with Gasteiger partial charge in [-0.25, -0.2) is 0 Å². The van der Waals surface area contributed by atoms with Crippen LogP contribution in [0.3, 0.4) is 0 Å². The Bertz CT molecular complexity index is 215. The summed E-state index contributed by atoms with van der Waals surface area (Å²) in [7, 11) is 0. The highest BCUT2D eigenvalue weighted by Crippen LogP contribution is 2.36. The van der Waals surface area contributed by atoms with Crippen molar-refractivity contribution in [1.29, 1.82) is 0 Å². The van der Waals surface area contributed by atoms with Gasteiger partial charge in [-0.05, 0) is 32.1 Å². The standard InChI is InChI=1S/C14H26O2/c1-4-5-8-11-16-14(9-6-7-10-14)13(15)12(2)3/h12H,4-11H2,1-3H3. The molecule has 2 nitrogen and oxygen atoms in total. The van der Waals surface area contributed by atoms with Crippen LogP contribution >= 0.6 is 0 Å². The van der Waals surface area contributed by atoms with Crippen molar-refractivity contribution in [2.24, 2.45) is 5.92 Å². The van der Waals surface area contributed by atoms with Crippen molar-refractivity contribution in [3.63, 3.8) is 0 Å². The summed E-state index contributed by atoms with van der Waals surface area (Å²) >= 11 is 0. The summed E-state index contributed by atoms with van der Waals surface area (Å²) < 4.78 is 5.97. The number of hydrogen-bond donors (Lipinski definition) is 0. The molecule has 0 saturated heterocycles. The molecule has 0 heterocycles. The van der Waals surface area contributed by atoms with Crippen molar-refractivity contribution >= 4 is 5.78 Å². The first-order chi connectivity index (χ1) is 7.62. The summed E-state index contributed by atoms with van der Waals surface area (Å²) in [6.45, 7) is 6.91. The predicted octanol–water partition coefficient (Wildman–Crippen LogP) is 3.73. The average molecular weight is 226 g/mol. The van der Waals surface area contributed by atoms with E-state index < -0.39 is 5.60 Å². The maximum Gasteiger partial charge on any atom is 0.167 e. The fraction of sp³-hybridized carbons (Fsp3) is 0.929. The summed E-state index contributed by atoms with van der Waals surface area (Å²) in [6, 6.07) is 0. The lowest BCUT2D eigenvalue weighted by Gasteiger charge is -2.29. The summed E-state index contributed by atoms with van der Waals surface area (Å²) in [5, 5.41) is 0. The topological polar surface area (TPSA) is 26.3 Å². The quantitative estimate of drug-likeness (QED) is 0.618. The number of carbonyl (C=O) groups is 1. The molecule has 0 N–H and O–H groups in total. The van der Waals surface area contributed by atoms with Crippen LogP contribution in [0.5, 0.6) is 0 Å². The smallest absolute Gasteiger partial charge is 0.167 e. The third kappa shape index (κ3) is 3.31. The number of rotatable bonds is 7. The molecule has 0 aliphatic heterocycles. The average Bonchev–Trinajstić information content (AvgIpc) is 2.73. The van der Waals surface area contributed by atoms with Gasteiger partial charge in [0.2, 0.25) is 0 Å². The van der Waals surface area contributed by atoms with Crippen LogP contribution < -0.4 is 0 Å². The summed E-state index contributed by atoms with van der Waals surface area (Å²) in [6.07, 6.45) is 7.66. The summed E-state index contributed by atoms with van der Waals surface area (Å²) in [5.41, 5.74) is -0.415. The van der Waals surface area contributed by atoms with Gasteiger partial charge in [0.25, 0.3) is 0 Å². The Morgan fingerprint density at radius 3 is 2.38 bits per heavy atom. The molecular weight excluding hydrogens is 200 g/mol. The predicted molar refractivity (Wildman–Crippen MR) is 66.5 cm³/mol. The monoisotopic (exact) mass is 226 g/mol. The number of Topliss-reactive ketones (excluding diaryl/α,β-unsaturated/α-hetero) is 1. The maximum atomic E-state index is 12.2. The minimum Gasteiger partial charge on any atom is -0.367 e. The highest BCUT2D eigenvalue weighted by Gasteiger charge is 2.42. The minimum absolute atomic E-state index is 0.101. The van der Waals surface area contributed by atoms with Crippen LogP contribution in [-0.4, -0.2) is 18.0 Å². The van der Waals surface area contributed by atoms with Gasteiger partial charge in [-0.2, -0.15) is 0 Å². The van der Waals surface area contributed by atoms with E-state index in [0.717, 1.165) is 38.7 Å². The lowest BCUT2D eigenvalue weighted by atomic mass is 9.89. The van der Waals surface area contributed by atoms with Gasteiger partial charge >= 0.3 is 0 Å². The van der Waals surface area contributed by atoms with Gasteiger partial charge in [-0.3, -0.25) is 4.79 Å². The van der Waals surface area contributed by atoms with E-state index in [0.29, 0.717) is 5.78 Å². The Morgan fingerprint density at radius 2 is 1.88 bits per heavy atom. The Hall–Kier alpha value is -0.370. The summed E-state index contributed by atoms with van der Waals surface area (Å²) in [4.78, 5) is 12.2. The molecule has 0 atom stereocenters. The molecule has 0 amide bonds. The lowest BCUT2D eigenvalue weighted by Crippen LogP contribution is -2.41. The van der Waals surface area contributed by atoms with Crippen LogP contribution in [0, 0.1) is 5.92 Å². The Balaban J connectivity index is 2.49. The molecule has 0 unspecified atom stereocenters. The van der Waals surface area contributed by atoms with Crippen molar-refractivity contribution in [1.82, 2.24) is 0 Å². The fourth-order valence-electron chi connectivity index (χ4n) is 2.55. The zero-order valence-corrected chi connectivity index (χ0v) is 11.1. The van der Waals surface area contributed by atoms with Crippen molar-refractivity contribution in [3.8, 4) is 0 Å². The van der Waals surface area contributed by atoms with Crippen LogP contribution in [0.1, 0.15) is 65.7 Å². The lowest BCUT2D eigenvalue weighted by molar-refractivity contribution is -0.147. The van der Waals surface area contributed by atoms with E-state index in [1.807, 2.05) is 13.8 Å². The van der Waals surface area contributed by atoms with Gasteiger partial charge in [-0.1, -0.05) is 33.6 Å². The van der Waals surface area contributed by atoms with E-state index in [1.165, 1.54) is 12.8 Å². The largest absolute Gasteiger partial charge is 0.367 e. The number of ether oxygens (including phenoxy) is 1. The van der Waals surface area contributed by atoms with Crippen molar-refractivity contribution in [2.75, 3.05) is 6.61 Å². The number of ketones is 1. The van der Waals surface area contributed by atoms with Crippen LogP contribution in [0.15, 0.2) is 0 Å². The zero-order chi connectivity index (χ0) is 12.0. The number of carbonyl (C=O) groups excluding carboxylic acids is 1. The van der Waals surface area contributed by atoms with E-state index >= 15 is 0 Å². The van der Waals surface area contributed by atoms with Crippen molar-refractivity contribution < 1.29 is 9.53 Å². The van der Waals surface area contributed by atoms with Crippen molar-refractivity contribution in [2.45, 2.75) is 71.3 Å². The molecule has 0 aromatic heterocycles. The molecule has 0 radical (unpaired) electrons. The van der Waals surface area contributed by atoms with Gasteiger partial charge in [0.05, 0.1) is 0 Å². The number of unbranched alkanes of at least 4 members (excludes halogenated alkanes) is 2. The second kappa shape index (κ2) is 6.39. The first kappa shape index (κ1) is 13.7. The molecule has 1 rings (SSSR count). The normalized spacial score (nSPS) is 19.2. The van der Waals surface area contributed by atoms with E-state index in [2.05, 4.69) is 6.92 Å². The second-order valence-electron chi connectivity index (χ2n) is 5.28. The maximum absolute atomic E-state index is 12.2. The highest BCUT2D eigenvalue weighted by atomic mass is 16.5. The molecule has 1 aliphatic carbocycles. The third-order valence-corrected chi connectivity index (χ3v) is 3.51. The Morgan fingerprint density at radius 1 is 1.25 bits per heavy atom. The van der Waals surface area contributed by atoms with Crippen LogP contribution in [0.25, 0.3) is 0 Å². The Kier molecular flexibility index (Phi) is 5.47. The van der Waals surface area contributed by atoms with Gasteiger partial charge in [-0.15, -0.1) is 0 Å². The van der Waals surface area contributed by atoms with E-state index in [4.69, 9.17) is 4.74 Å². The minimum atomic E-state index is -0.415. The summed E-state index contributed by atoms with van der Waals surface area (Å²) in [5.74, 6) is 0.422. The third-order valence-electron chi connectivity index (χ3n) is 3.51. The number of hydrogen-bond acceptors (Lipinski definition) is 2. The SMILES string of the molecule is CCCCCOC1(C(=O)C(C)C)CCCC1. The van der Waals surface area contributed by atoms with Gasteiger partial charge in [0.1, 0.15) is 5.60 Å². The second-order valence-corrected chi connectivity index (χ2v) is 5.28. The Labute approximate surface area is 99.8 Å². The van der Waals surface area contributed by atoms with Crippen LogP contribution in [-0.2, 0) is 9.53 Å². The van der Waals surface area contributed by atoms with Gasteiger partial charge in [0, 0.05) is 12.5 Å². The first-order valence-electron chi connectivity index (χ1n) is 6.80. The van der Waals surface area contributed by atoms with Crippen LogP contribution in [0.4, 0.5) is 0 Å². The van der Waals surface area contributed by atoms with Gasteiger partial charge < -0.3 is 4.74 Å². The first-order valence-corrected chi connectivity index (χ1v) is 6.80. The molecule has 0 spiro atoms. The highest BCUT2D eigenvalue weighted by molar-refractivity contribution is 5.89. The fourth-order valence-corrected chi connectivity index (χ4v) is 2.55. The molecule has 16 heavy (non-hydrogen) atoms. The molecule has 94 valence electrons. The molecule has 2 heteroatoms. The molecule has 0 aromatic carbocycles. The molecule has 1 fully saturated rings. The van der Waals surface area contributed by atoms with Gasteiger partial charge in [0.15, 0.2) is 5.78 Å². The van der Waals surface area contributed by atoms with E-state index in [-0.39, 0.29) is 5.92 Å². The van der Waals surface area contributed by atoms with Crippen LogP contribution in [0.2, 0.25) is 0 Å². The van der Waals surface area contributed by atoms with E-state index in [1.54, 1.807) is 0 Å². The molecule has 1 saturated carbocycles. The van der Waals surface area contributed by atoms with E-state index in [9.17, 15) is 4.79 Å². The zero-order valence-electron chi connectivity index (χ0n) is 11.1. The molecule has 0 aromatic rings. The molecular formula is C14H26O2. The van der Waals surface area contributed by atoms with Crippen molar-refractivity contribution in [3.05, 3.63) is 0 Å².